The van der Waals surface area contributed by atoms with E-state index in [1.807, 2.05) is 0 Å². The van der Waals surface area contributed by atoms with Crippen LogP contribution in [0.4, 0.5) is 18.9 Å². The molecule has 104 valence electrons. The van der Waals surface area contributed by atoms with Crippen LogP contribution in [-0.2, 0) is 11.3 Å². The molecule has 0 heterocycles. The third-order valence-electron chi connectivity index (χ3n) is 2.99. The molecule has 2 N–H and O–H groups in total. The molecule has 1 aromatic carbocycles. The minimum atomic E-state index is -4.45. The molecule has 1 aliphatic carbocycles. The lowest BCUT2D eigenvalue weighted by Crippen LogP contribution is -2.35. The first-order valence-electron chi connectivity index (χ1n) is 6.06. The molecule has 0 atom stereocenters. The van der Waals surface area contributed by atoms with Crippen molar-refractivity contribution in [1.82, 2.24) is 4.90 Å². The van der Waals surface area contributed by atoms with Gasteiger partial charge in [-0.2, -0.15) is 13.2 Å². The van der Waals surface area contributed by atoms with E-state index in [1.165, 1.54) is 4.90 Å². The second kappa shape index (κ2) is 5.11. The van der Waals surface area contributed by atoms with Crippen LogP contribution in [0.15, 0.2) is 24.3 Å². The fourth-order valence-electron chi connectivity index (χ4n) is 1.90. The van der Waals surface area contributed by atoms with Crippen LogP contribution in [0.2, 0.25) is 0 Å². The van der Waals surface area contributed by atoms with Crippen molar-refractivity contribution < 1.29 is 18.0 Å². The number of alkyl halides is 3. The molecule has 19 heavy (non-hydrogen) atoms. The molecule has 0 spiro atoms. The van der Waals surface area contributed by atoms with Crippen molar-refractivity contribution in [2.45, 2.75) is 38.0 Å². The summed E-state index contributed by atoms with van der Waals surface area (Å²) in [5.74, 6) is -0.855. The molecule has 1 aromatic rings. The summed E-state index contributed by atoms with van der Waals surface area (Å²) in [5.41, 5.74) is 6.92. The van der Waals surface area contributed by atoms with Gasteiger partial charge in [-0.1, -0.05) is 12.1 Å². The number of nitrogen functional groups attached to an aromatic ring is 1. The van der Waals surface area contributed by atoms with Crippen LogP contribution in [0, 0.1) is 0 Å². The summed E-state index contributed by atoms with van der Waals surface area (Å²) in [5, 5.41) is 0. The van der Waals surface area contributed by atoms with Gasteiger partial charge in [0.25, 0.3) is 0 Å². The lowest BCUT2D eigenvalue weighted by Gasteiger charge is -2.23. The number of anilines is 1. The van der Waals surface area contributed by atoms with Gasteiger partial charge in [0.05, 0.1) is 0 Å². The smallest absolute Gasteiger partial charge is 0.397 e. The SMILES string of the molecule is Nc1ccc(CN(C(=O)CC(F)(F)F)C2CC2)cc1. The maximum Gasteiger partial charge on any atom is 0.397 e. The average Bonchev–Trinajstić information content (AvgIpc) is 3.09. The molecule has 3 nitrogen and oxygen atoms in total. The van der Waals surface area contributed by atoms with Crippen LogP contribution in [0.1, 0.15) is 24.8 Å². The van der Waals surface area contributed by atoms with Crippen molar-refractivity contribution in [3.63, 3.8) is 0 Å². The Labute approximate surface area is 109 Å². The van der Waals surface area contributed by atoms with E-state index >= 15 is 0 Å². The highest BCUT2D eigenvalue weighted by molar-refractivity contribution is 5.77. The van der Waals surface area contributed by atoms with Crippen molar-refractivity contribution in [2.75, 3.05) is 5.73 Å². The van der Waals surface area contributed by atoms with E-state index < -0.39 is 18.5 Å². The molecular formula is C13H15F3N2O. The maximum absolute atomic E-state index is 12.3. The maximum atomic E-state index is 12.3. The Balaban J connectivity index is 2.04. The van der Waals surface area contributed by atoms with Gasteiger partial charge in [-0.3, -0.25) is 4.79 Å². The van der Waals surface area contributed by atoms with Crippen molar-refractivity contribution in [2.24, 2.45) is 0 Å². The Hall–Kier alpha value is -1.72. The van der Waals surface area contributed by atoms with Crippen LogP contribution in [-0.4, -0.2) is 23.0 Å². The van der Waals surface area contributed by atoms with Crippen molar-refractivity contribution in [3.05, 3.63) is 29.8 Å². The highest BCUT2D eigenvalue weighted by Crippen LogP contribution is 2.31. The zero-order chi connectivity index (χ0) is 14.0. The third-order valence-corrected chi connectivity index (χ3v) is 2.99. The van der Waals surface area contributed by atoms with E-state index in [-0.39, 0.29) is 12.6 Å². The number of hydrogen-bond donors (Lipinski definition) is 1. The lowest BCUT2D eigenvalue weighted by atomic mass is 10.2. The Bertz CT molecular complexity index is 452. The van der Waals surface area contributed by atoms with Crippen LogP contribution in [0.3, 0.4) is 0 Å². The van der Waals surface area contributed by atoms with Gasteiger partial charge < -0.3 is 10.6 Å². The second-order valence-corrected chi connectivity index (χ2v) is 4.79. The summed E-state index contributed by atoms with van der Waals surface area (Å²) < 4.78 is 36.8. The largest absolute Gasteiger partial charge is 0.399 e. The Morgan fingerprint density at radius 1 is 1.26 bits per heavy atom. The molecule has 1 saturated carbocycles. The van der Waals surface area contributed by atoms with E-state index in [9.17, 15) is 18.0 Å². The molecule has 0 aliphatic heterocycles. The summed E-state index contributed by atoms with van der Waals surface area (Å²) in [4.78, 5) is 13.0. The topological polar surface area (TPSA) is 46.3 Å². The van der Waals surface area contributed by atoms with Gasteiger partial charge >= 0.3 is 6.18 Å². The predicted octanol–water partition coefficient (Wildman–Crippen LogP) is 2.71. The van der Waals surface area contributed by atoms with Gasteiger partial charge in [-0.25, -0.2) is 0 Å². The van der Waals surface area contributed by atoms with Gasteiger partial charge in [0.2, 0.25) is 5.91 Å². The average molecular weight is 272 g/mol. The molecule has 1 amide bonds. The number of carbonyl (C=O) groups is 1. The van der Waals surface area contributed by atoms with Crippen LogP contribution in [0.5, 0.6) is 0 Å². The zero-order valence-electron chi connectivity index (χ0n) is 10.3. The first kappa shape index (κ1) is 13.7. The first-order valence-corrected chi connectivity index (χ1v) is 6.06. The van der Waals surface area contributed by atoms with Gasteiger partial charge in [0.1, 0.15) is 6.42 Å². The standard InChI is InChI=1S/C13H15F3N2O/c14-13(15,16)7-12(19)18(11-5-6-11)8-9-1-3-10(17)4-2-9/h1-4,11H,5-8,17H2. The normalized spacial score (nSPS) is 15.3. The van der Waals surface area contributed by atoms with E-state index in [2.05, 4.69) is 0 Å². The quantitative estimate of drug-likeness (QED) is 0.857. The van der Waals surface area contributed by atoms with Crippen molar-refractivity contribution >= 4 is 11.6 Å². The molecule has 0 unspecified atom stereocenters. The minimum Gasteiger partial charge on any atom is -0.399 e. The zero-order valence-corrected chi connectivity index (χ0v) is 10.3. The molecule has 0 bridgehead atoms. The lowest BCUT2D eigenvalue weighted by molar-refractivity contribution is -0.162. The number of benzene rings is 1. The van der Waals surface area contributed by atoms with Crippen LogP contribution in [0.25, 0.3) is 0 Å². The molecule has 0 radical (unpaired) electrons. The number of hydrogen-bond acceptors (Lipinski definition) is 2. The monoisotopic (exact) mass is 272 g/mol. The summed E-state index contributed by atoms with van der Waals surface area (Å²) >= 11 is 0. The first-order chi connectivity index (χ1) is 8.85. The van der Waals surface area contributed by atoms with Gasteiger partial charge in [-0.15, -0.1) is 0 Å². The molecule has 0 aromatic heterocycles. The predicted molar refractivity (Wildman–Crippen MR) is 65.1 cm³/mol. The van der Waals surface area contributed by atoms with Gasteiger partial charge in [0.15, 0.2) is 0 Å². The molecule has 1 fully saturated rings. The molecular weight excluding hydrogens is 257 g/mol. The van der Waals surface area contributed by atoms with Crippen molar-refractivity contribution in [1.29, 1.82) is 0 Å². The number of halogens is 3. The molecule has 0 saturated heterocycles. The highest BCUT2D eigenvalue weighted by Gasteiger charge is 2.38. The summed E-state index contributed by atoms with van der Waals surface area (Å²) in [6.07, 6.45) is -4.29. The van der Waals surface area contributed by atoms with E-state index in [0.717, 1.165) is 18.4 Å². The summed E-state index contributed by atoms with van der Waals surface area (Å²) in [7, 11) is 0. The Kier molecular flexibility index (Phi) is 3.68. The number of nitrogens with two attached hydrogens (primary N) is 1. The Morgan fingerprint density at radius 3 is 2.32 bits per heavy atom. The van der Waals surface area contributed by atoms with Gasteiger partial charge in [-0.05, 0) is 30.5 Å². The van der Waals surface area contributed by atoms with Gasteiger partial charge in [0, 0.05) is 18.3 Å². The summed E-state index contributed by atoms with van der Waals surface area (Å²) in [6, 6.07) is 6.76. The number of carbonyl (C=O) groups excluding carboxylic acids is 1. The van der Waals surface area contributed by atoms with Crippen LogP contribution < -0.4 is 5.73 Å². The fourth-order valence-corrected chi connectivity index (χ4v) is 1.90. The number of nitrogens with zero attached hydrogens (tertiary/aromatic N) is 1. The van der Waals surface area contributed by atoms with Crippen LogP contribution >= 0.6 is 0 Å². The summed E-state index contributed by atoms with van der Waals surface area (Å²) in [6.45, 7) is 0.208. The highest BCUT2D eigenvalue weighted by atomic mass is 19.4. The molecule has 6 heteroatoms. The van der Waals surface area contributed by atoms with E-state index in [0.29, 0.717) is 5.69 Å². The van der Waals surface area contributed by atoms with Crippen molar-refractivity contribution in [3.8, 4) is 0 Å². The number of amides is 1. The Morgan fingerprint density at radius 2 is 1.84 bits per heavy atom. The van der Waals surface area contributed by atoms with E-state index in [4.69, 9.17) is 5.73 Å². The molecule has 2 rings (SSSR count). The number of rotatable bonds is 4. The molecule has 1 aliphatic rings. The second-order valence-electron chi connectivity index (χ2n) is 4.79. The minimum absolute atomic E-state index is 0.0487. The third kappa shape index (κ3) is 4.15. The van der Waals surface area contributed by atoms with E-state index in [1.54, 1.807) is 24.3 Å². The fraction of sp³-hybridized carbons (Fsp3) is 0.462.